The Balaban J connectivity index is 2.26. The van der Waals surface area contributed by atoms with E-state index in [0.29, 0.717) is 13.0 Å². The minimum atomic E-state index is -5.21. The number of hydrogen-bond donors (Lipinski definition) is 4. The van der Waals surface area contributed by atoms with Gasteiger partial charge >= 0.3 is 12.1 Å². The van der Waals surface area contributed by atoms with Crippen molar-refractivity contribution in [1.82, 2.24) is 20.9 Å². The first-order valence-corrected chi connectivity index (χ1v) is 11.2. The average molecular weight is 508 g/mol. The second-order valence-electron chi connectivity index (χ2n) is 9.79. The van der Waals surface area contributed by atoms with Gasteiger partial charge in [0.2, 0.25) is 23.6 Å². The van der Waals surface area contributed by atoms with Crippen LogP contribution < -0.4 is 21.7 Å². The molecule has 198 valence electrons. The van der Waals surface area contributed by atoms with Gasteiger partial charge in [-0.05, 0) is 24.7 Å². The van der Waals surface area contributed by atoms with Crippen molar-refractivity contribution in [3.8, 4) is 0 Å². The molecule has 2 rings (SSSR count). The van der Waals surface area contributed by atoms with Crippen LogP contribution in [0.2, 0.25) is 0 Å². The number of hydrogen-bond acceptors (Lipinski definition) is 6. The van der Waals surface area contributed by atoms with Crippen molar-refractivity contribution < 1.29 is 41.9 Å². The van der Waals surface area contributed by atoms with Crippen LogP contribution in [-0.2, 0) is 28.7 Å². The van der Waals surface area contributed by atoms with Crippen molar-refractivity contribution in [2.24, 2.45) is 17.1 Å². The van der Waals surface area contributed by atoms with Crippen LogP contribution in [0.25, 0.3) is 0 Å². The van der Waals surface area contributed by atoms with E-state index in [-0.39, 0.29) is 25.3 Å². The number of carbonyl (C=O) groups is 5. The predicted octanol–water partition coefficient (Wildman–Crippen LogP) is -0.808. The number of nitrogens with two attached hydrogens (primary N) is 1. The van der Waals surface area contributed by atoms with Crippen LogP contribution in [0.3, 0.4) is 0 Å². The molecule has 2 aliphatic rings. The smallest absolute Gasteiger partial charge is 0.379 e. The van der Waals surface area contributed by atoms with E-state index in [1.54, 1.807) is 5.32 Å². The summed E-state index contributed by atoms with van der Waals surface area (Å²) in [6, 6.07) is -4.11. The lowest BCUT2D eigenvalue weighted by Gasteiger charge is -2.36. The molecule has 2 saturated heterocycles. The third-order valence-corrected chi connectivity index (χ3v) is 6.19. The van der Waals surface area contributed by atoms with E-state index in [1.165, 1.54) is 27.9 Å². The van der Waals surface area contributed by atoms with Gasteiger partial charge in [-0.3, -0.25) is 24.0 Å². The van der Waals surface area contributed by atoms with Gasteiger partial charge in [-0.25, -0.2) is 0 Å². The summed E-state index contributed by atoms with van der Waals surface area (Å²) in [6.45, 7) is 4.82. The van der Waals surface area contributed by atoms with E-state index >= 15 is 0 Å². The maximum Gasteiger partial charge on any atom is 0.471 e. The molecule has 0 aromatic carbocycles. The third-order valence-electron chi connectivity index (χ3n) is 6.19. The number of alkyl halides is 3. The number of likely N-dealkylation sites (tertiary alicyclic amines) is 1. The van der Waals surface area contributed by atoms with Gasteiger partial charge in [0.15, 0.2) is 0 Å². The Labute approximate surface area is 200 Å². The number of halogens is 3. The van der Waals surface area contributed by atoms with Crippen LogP contribution in [0.1, 0.15) is 40.0 Å². The summed E-state index contributed by atoms with van der Waals surface area (Å²) in [4.78, 5) is 63.0. The fourth-order valence-corrected chi connectivity index (χ4v) is 4.25. The van der Waals surface area contributed by atoms with Crippen molar-refractivity contribution in [3.63, 3.8) is 0 Å². The van der Waals surface area contributed by atoms with Crippen LogP contribution in [0.4, 0.5) is 13.2 Å². The molecule has 0 aromatic heterocycles. The number of carbonyl (C=O) groups excluding carboxylic acids is 5. The van der Waals surface area contributed by atoms with Gasteiger partial charge in [0.05, 0.1) is 6.10 Å². The Kier molecular flexibility index (Phi) is 8.74. The quantitative estimate of drug-likeness (QED) is 0.336. The summed E-state index contributed by atoms with van der Waals surface area (Å²) < 4.78 is 44.0. The summed E-state index contributed by atoms with van der Waals surface area (Å²) in [7, 11) is 1.31. The second kappa shape index (κ2) is 10.8. The van der Waals surface area contributed by atoms with Crippen LogP contribution in [0.15, 0.2) is 0 Å². The molecule has 11 nitrogen and oxygen atoms in total. The van der Waals surface area contributed by atoms with Gasteiger partial charge in [-0.1, -0.05) is 20.8 Å². The van der Waals surface area contributed by atoms with E-state index in [2.05, 4.69) is 10.6 Å². The van der Waals surface area contributed by atoms with E-state index in [1.807, 2.05) is 0 Å². The summed E-state index contributed by atoms with van der Waals surface area (Å²) in [6.07, 6.45) is -5.42. The first-order chi connectivity index (χ1) is 16.1. The van der Waals surface area contributed by atoms with Crippen molar-refractivity contribution in [2.75, 3.05) is 20.2 Å². The minimum Gasteiger partial charge on any atom is -0.379 e. The highest BCUT2D eigenvalue weighted by Gasteiger charge is 2.49. The van der Waals surface area contributed by atoms with Crippen molar-refractivity contribution in [1.29, 1.82) is 0 Å². The normalized spacial score (nSPS) is 24.5. The van der Waals surface area contributed by atoms with Gasteiger partial charge < -0.3 is 31.3 Å². The summed E-state index contributed by atoms with van der Waals surface area (Å²) in [5.41, 5.74) is 4.29. The lowest BCUT2D eigenvalue weighted by atomic mass is 9.85. The summed E-state index contributed by atoms with van der Waals surface area (Å²) >= 11 is 0. The number of methoxy groups -OCH3 is 1. The number of rotatable bonds is 8. The molecular weight excluding hydrogens is 475 g/mol. The highest BCUT2D eigenvalue weighted by Crippen LogP contribution is 2.28. The fourth-order valence-electron chi connectivity index (χ4n) is 4.25. The van der Waals surface area contributed by atoms with Gasteiger partial charge in [-0.15, -0.1) is 0 Å². The second-order valence-corrected chi connectivity index (χ2v) is 9.79. The molecule has 0 radical (unpaired) electrons. The zero-order chi connectivity index (χ0) is 26.7. The molecule has 2 heterocycles. The molecule has 0 saturated carbocycles. The monoisotopic (exact) mass is 507 g/mol. The molecule has 0 bridgehead atoms. The zero-order valence-corrected chi connectivity index (χ0v) is 20.0. The molecule has 14 heteroatoms. The summed E-state index contributed by atoms with van der Waals surface area (Å²) in [5, 5.41) is 6.82. The number of amides is 5. The van der Waals surface area contributed by atoms with E-state index in [4.69, 9.17) is 10.5 Å². The van der Waals surface area contributed by atoms with Gasteiger partial charge in [0, 0.05) is 26.1 Å². The Morgan fingerprint density at radius 3 is 2.26 bits per heavy atom. The molecule has 2 unspecified atom stereocenters. The predicted molar refractivity (Wildman–Crippen MR) is 115 cm³/mol. The van der Waals surface area contributed by atoms with Crippen LogP contribution >= 0.6 is 0 Å². The molecule has 5 atom stereocenters. The number of nitrogens with zero attached hydrogens (tertiary/aromatic N) is 1. The molecule has 0 aliphatic carbocycles. The van der Waals surface area contributed by atoms with E-state index < -0.39 is 65.4 Å². The van der Waals surface area contributed by atoms with Gasteiger partial charge in [0.25, 0.3) is 0 Å². The Hall–Kier alpha value is -2.90. The van der Waals surface area contributed by atoms with Gasteiger partial charge in [-0.2, -0.15) is 13.2 Å². The average Bonchev–Trinajstić information content (AvgIpc) is 3.35. The summed E-state index contributed by atoms with van der Waals surface area (Å²) in [5.74, 6) is -5.67. The number of primary amides is 1. The number of ether oxygens (including phenoxy) is 1. The van der Waals surface area contributed by atoms with Crippen LogP contribution in [-0.4, -0.2) is 85.0 Å². The van der Waals surface area contributed by atoms with Crippen molar-refractivity contribution in [3.05, 3.63) is 0 Å². The Morgan fingerprint density at radius 1 is 1.17 bits per heavy atom. The van der Waals surface area contributed by atoms with Crippen LogP contribution in [0.5, 0.6) is 0 Å². The maximum atomic E-state index is 13.3. The molecule has 35 heavy (non-hydrogen) atoms. The van der Waals surface area contributed by atoms with E-state index in [0.717, 1.165) is 4.90 Å². The lowest BCUT2D eigenvalue weighted by molar-refractivity contribution is -0.176. The Bertz CT molecular complexity index is 859. The molecule has 5 amide bonds. The topological polar surface area (TPSA) is 160 Å². The highest BCUT2D eigenvalue weighted by molar-refractivity contribution is 5.96. The first kappa shape index (κ1) is 28.3. The lowest BCUT2D eigenvalue weighted by Crippen LogP contribution is -2.61. The molecule has 2 fully saturated rings. The minimum absolute atomic E-state index is 0.0316. The molecule has 2 aliphatic heterocycles. The standard InChI is InChI=1S/C21H32F3N5O6/c1-20(2,3)14(28-19(34)21(22,23)24)18(33)29-8-6-12(35-4)13(29)17(32)27-11(15(25)30)9-10-5-7-26-16(10)31/h10-14H,5-9H2,1-4H3,(H2,25,30)(H,26,31)(H,27,32)(H,28,34)/t10-,11?,12+,13-,14?/m0/s1. The number of nitrogens with one attached hydrogen (secondary N) is 3. The van der Waals surface area contributed by atoms with Gasteiger partial charge in [0.1, 0.15) is 18.1 Å². The van der Waals surface area contributed by atoms with E-state index in [9.17, 15) is 37.1 Å². The third kappa shape index (κ3) is 6.83. The molecule has 5 N–H and O–H groups in total. The SMILES string of the molecule is CO[C@@H]1CCN(C(=O)C(NC(=O)C(F)(F)F)C(C)(C)C)[C@@H]1C(=O)NC(C[C@@H]1CCNC1=O)C(N)=O. The van der Waals surface area contributed by atoms with Crippen molar-refractivity contribution >= 4 is 29.5 Å². The molecular formula is C21H32F3N5O6. The maximum absolute atomic E-state index is 13.3. The highest BCUT2D eigenvalue weighted by atomic mass is 19.4. The first-order valence-electron chi connectivity index (χ1n) is 11.2. The Morgan fingerprint density at radius 2 is 1.80 bits per heavy atom. The zero-order valence-electron chi connectivity index (χ0n) is 20.0. The molecule has 0 spiro atoms. The largest absolute Gasteiger partial charge is 0.471 e. The van der Waals surface area contributed by atoms with Crippen LogP contribution in [0, 0.1) is 11.3 Å². The van der Waals surface area contributed by atoms with Crippen molar-refractivity contribution in [2.45, 2.75) is 70.4 Å². The fraction of sp³-hybridized carbons (Fsp3) is 0.762. The molecule has 0 aromatic rings.